The van der Waals surface area contributed by atoms with E-state index in [-0.39, 0.29) is 28.0 Å². The van der Waals surface area contributed by atoms with Gasteiger partial charge >= 0.3 is 0 Å². The third kappa shape index (κ3) is 4.97. The molecule has 4 aromatic rings. The number of nitrogens with zero attached hydrogens (tertiary/aromatic N) is 3. The van der Waals surface area contributed by atoms with E-state index in [0.717, 1.165) is 20.7 Å². The third-order valence-corrected chi connectivity index (χ3v) is 8.48. The Labute approximate surface area is 220 Å². The van der Waals surface area contributed by atoms with Crippen LogP contribution in [-0.4, -0.2) is 57.9 Å². The first-order valence-corrected chi connectivity index (χ1v) is 13.8. The number of pyridine rings is 1. The summed E-state index contributed by atoms with van der Waals surface area (Å²) < 4.78 is 79.9. The normalized spacial score (nSPS) is 12.7. The van der Waals surface area contributed by atoms with E-state index in [4.69, 9.17) is 0 Å². The Balaban J connectivity index is 1.77. The van der Waals surface area contributed by atoms with Crippen molar-refractivity contribution in [2.45, 2.75) is 18.2 Å². The van der Waals surface area contributed by atoms with Crippen molar-refractivity contribution in [3.05, 3.63) is 77.6 Å². The Kier molecular flexibility index (Phi) is 7.74. The zero-order chi connectivity index (χ0) is 27.8. The Morgan fingerprint density at radius 2 is 1.79 bits per heavy atom. The van der Waals surface area contributed by atoms with E-state index in [1.807, 2.05) is 0 Å². The van der Waals surface area contributed by atoms with Crippen molar-refractivity contribution in [3.8, 4) is 11.1 Å². The van der Waals surface area contributed by atoms with Crippen molar-refractivity contribution in [2.75, 3.05) is 24.9 Å². The average molecular weight is 562 g/mol. The summed E-state index contributed by atoms with van der Waals surface area (Å²) in [6.07, 6.45) is 3.15. The molecule has 0 saturated heterocycles. The van der Waals surface area contributed by atoms with E-state index in [1.54, 1.807) is 25.1 Å². The van der Waals surface area contributed by atoms with Gasteiger partial charge in [0, 0.05) is 60.8 Å². The average Bonchev–Trinajstić information content (AvgIpc) is 3.31. The summed E-state index contributed by atoms with van der Waals surface area (Å²) in [6, 6.07) is 9.47. The number of ketones is 1. The van der Waals surface area contributed by atoms with Gasteiger partial charge in [-0.2, -0.15) is 0 Å². The van der Waals surface area contributed by atoms with Crippen LogP contribution in [0.4, 0.5) is 14.5 Å². The first-order valence-electron chi connectivity index (χ1n) is 11.4. The van der Waals surface area contributed by atoms with Crippen LogP contribution in [0.15, 0.2) is 59.8 Å². The van der Waals surface area contributed by atoms with Crippen LogP contribution in [0.25, 0.3) is 22.2 Å². The smallest absolute Gasteiger partial charge is 0.242 e. The topological polar surface area (TPSA) is 126 Å². The predicted molar refractivity (Wildman–Crippen MR) is 139 cm³/mol. The number of carbonyl (C=O) groups is 1. The second-order valence-corrected chi connectivity index (χ2v) is 11.6. The molecule has 0 bridgehead atoms. The number of sulfonamides is 1. The molecule has 1 N–H and O–H groups in total. The fraction of sp³-hybridized carbons (Fsp3) is 0.200. The van der Waals surface area contributed by atoms with Crippen molar-refractivity contribution in [2.24, 2.45) is 0 Å². The van der Waals surface area contributed by atoms with E-state index in [1.165, 1.54) is 38.6 Å². The Morgan fingerprint density at radius 3 is 2.39 bits per heavy atom. The van der Waals surface area contributed by atoms with Gasteiger partial charge in [-0.1, -0.05) is 19.1 Å². The van der Waals surface area contributed by atoms with Gasteiger partial charge in [-0.05, 0) is 42.3 Å². The summed E-state index contributed by atoms with van der Waals surface area (Å²) in [5.74, 6) is -3.42. The van der Waals surface area contributed by atoms with Gasteiger partial charge in [-0.15, -0.1) is 0 Å². The molecule has 2 aromatic carbocycles. The lowest BCUT2D eigenvalue weighted by Gasteiger charge is -2.26. The summed E-state index contributed by atoms with van der Waals surface area (Å²) in [4.78, 5) is 20.5. The standard InChI is InChI=1S/C25H24F2N4O5S2/c1-4-11-31(37(33)34)21-10-9-20(26)22(23(21)27)24(32)19-14-29-25-18(19)12-16(13-28-25)15-5-7-17(8-6-15)38(35,36)30(2)3/h5-10,12-14H,4,11H2,1-3H3,(H,28,29)(H,33,34)/p-1. The molecule has 200 valence electrons. The van der Waals surface area contributed by atoms with Crippen molar-refractivity contribution < 1.29 is 30.8 Å². The number of aromatic nitrogens is 2. The quantitative estimate of drug-likeness (QED) is 0.243. The molecule has 0 aliphatic heterocycles. The molecule has 0 aliphatic rings. The molecule has 4 rings (SSSR count). The number of carbonyl (C=O) groups excluding carboxylic acids is 1. The molecular weight excluding hydrogens is 538 g/mol. The molecule has 0 saturated carbocycles. The lowest BCUT2D eigenvalue weighted by molar-refractivity contribution is 0.103. The molecule has 0 fully saturated rings. The highest BCUT2D eigenvalue weighted by Crippen LogP contribution is 2.31. The van der Waals surface area contributed by atoms with E-state index < -0.39 is 50.0 Å². The molecule has 2 aromatic heterocycles. The van der Waals surface area contributed by atoms with Crippen LogP contribution in [0.5, 0.6) is 0 Å². The van der Waals surface area contributed by atoms with E-state index in [0.29, 0.717) is 17.5 Å². The number of hydrogen-bond donors (Lipinski definition) is 1. The van der Waals surface area contributed by atoms with Crippen molar-refractivity contribution in [1.82, 2.24) is 14.3 Å². The number of anilines is 1. The largest absolute Gasteiger partial charge is 0.755 e. The second-order valence-electron chi connectivity index (χ2n) is 8.54. The molecule has 1 unspecified atom stereocenters. The Hall–Kier alpha value is -3.52. The molecule has 13 heteroatoms. The fourth-order valence-electron chi connectivity index (χ4n) is 3.93. The first kappa shape index (κ1) is 27.5. The fourth-order valence-corrected chi connectivity index (χ4v) is 5.47. The van der Waals surface area contributed by atoms with Gasteiger partial charge in [0.25, 0.3) is 0 Å². The number of halogens is 2. The summed E-state index contributed by atoms with van der Waals surface area (Å²) >= 11 is -2.83. The van der Waals surface area contributed by atoms with Crippen molar-refractivity contribution in [1.29, 1.82) is 0 Å². The molecule has 0 radical (unpaired) electrons. The molecule has 0 amide bonds. The highest BCUT2D eigenvalue weighted by atomic mass is 32.2. The highest BCUT2D eigenvalue weighted by Gasteiger charge is 2.26. The van der Waals surface area contributed by atoms with Crippen LogP contribution in [0, 0.1) is 11.6 Å². The maximum atomic E-state index is 15.4. The second kappa shape index (κ2) is 10.7. The zero-order valence-corrected chi connectivity index (χ0v) is 22.2. The summed E-state index contributed by atoms with van der Waals surface area (Å²) in [5.41, 5.74) is 0.0280. The van der Waals surface area contributed by atoms with Gasteiger partial charge < -0.3 is 9.54 Å². The van der Waals surface area contributed by atoms with Gasteiger partial charge in [-0.25, -0.2) is 26.5 Å². The third-order valence-electron chi connectivity index (χ3n) is 5.92. The molecule has 0 spiro atoms. The van der Waals surface area contributed by atoms with Crippen molar-refractivity contribution >= 4 is 43.8 Å². The minimum atomic E-state index is -3.62. The summed E-state index contributed by atoms with van der Waals surface area (Å²) in [6.45, 7) is 1.64. The van der Waals surface area contributed by atoms with Crippen LogP contribution in [0.2, 0.25) is 0 Å². The molecular formula is C25H23F2N4O5S2-. The van der Waals surface area contributed by atoms with Gasteiger partial charge in [0.15, 0.2) is 5.82 Å². The molecule has 0 aliphatic carbocycles. The van der Waals surface area contributed by atoms with E-state index in [9.17, 15) is 26.4 Å². The van der Waals surface area contributed by atoms with Crippen LogP contribution in [0.1, 0.15) is 29.3 Å². The molecule has 9 nitrogen and oxygen atoms in total. The molecule has 2 heterocycles. The number of H-pyrrole nitrogens is 1. The maximum Gasteiger partial charge on any atom is 0.242 e. The maximum absolute atomic E-state index is 15.4. The van der Waals surface area contributed by atoms with Crippen LogP contribution in [-0.2, 0) is 21.3 Å². The number of nitrogens with one attached hydrogen (secondary N) is 1. The zero-order valence-electron chi connectivity index (χ0n) is 20.6. The van der Waals surface area contributed by atoms with Crippen molar-refractivity contribution in [3.63, 3.8) is 0 Å². The van der Waals surface area contributed by atoms with Crippen LogP contribution >= 0.6 is 0 Å². The Morgan fingerprint density at radius 1 is 1.11 bits per heavy atom. The van der Waals surface area contributed by atoms with Crippen LogP contribution in [0.3, 0.4) is 0 Å². The minimum Gasteiger partial charge on any atom is -0.755 e. The monoisotopic (exact) mass is 561 g/mol. The number of benzene rings is 2. The van der Waals surface area contributed by atoms with E-state index >= 15 is 4.39 Å². The van der Waals surface area contributed by atoms with Gasteiger partial charge in [0.2, 0.25) is 15.8 Å². The Bertz CT molecular complexity index is 1650. The molecule has 1 atom stereocenters. The minimum absolute atomic E-state index is 0.0543. The number of fused-ring (bicyclic) bond motifs is 1. The summed E-state index contributed by atoms with van der Waals surface area (Å²) in [5, 5.41) is 0.277. The number of hydrogen-bond acceptors (Lipinski definition) is 6. The van der Waals surface area contributed by atoms with Gasteiger partial charge in [-0.3, -0.25) is 13.3 Å². The lowest BCUT2D eigenvalue weighted by Crippen LogP contribution is -2.28. The van der Waals surface area contributed by atoms with E-state index in [2.05, 4.69) is 9.97 Å². The van der Waals surface area contributed by atoms with Crippen LogP contribution < -0.4 is 4.31 Å². The number of aromatic amines is 1. The first-order chi connectivity index (χ1) is 18.0. The van der Waals surface area contributed by atoms with Gasteiger partial charge in [0.05, 0.1) is 16.1 Å². The highest BCUT2D eigenvalue weighted by molar-refractivity contribution is 7.89. The lowest BCUT2D eigenvalue weighted by atomic mass is 9.99. The molecule has 38 heavy (non-hydrogen) atoms. The SMILES string of the molecule is CCCN(c1ccc(F)c(C(=O)c2c[nH]c3ncc(-c4ccc(S(=O)(=O)N(C)C)cc4)cc23)c1F)S(=O)[O-]. The summed E-state index contributed by atoms with van der Waals surface area (Å²) in [7, 11) is -0.772. The van der Waals surface area contributed by atoms with Gasteiger partial charge in [0.1, 0.15) is 11.5 Å². The predicted octanol–water partition coefficient (Wildman–Crippen LogP) is 4.00. The number of rotatable bonds is 9.